The van der Waals surface area contributed by atoms with Gasteiger partial charge in [0.2, 0.25) is 10.0 Å². The molecule has 0 aliphatic carbocycles. The number of benzene rings is 1. The van der Waals surface area contributed by atoms with E-state index in [0.717, 1.165) is 36.8 Å². The van der Waals surface area contributed by atoms with E-state index in [-0.39, 0.29) is 6.04 Å². The number of nitrogens with one attached hydrogen (secondary N) is 2. The molecule has 1 heterocycles. The van der Waals surface area contributed by atoms with Gasteiger partial charge in [0.05, 0.1) is 4.90 Å². The second-order valence-electron chi connectivity index (χ2n) is 4.46. The highest BCUT2D eigenvalue weighted by Gasteiger charge is 2.20. The lowest BCUT2D eigenvalue weighted by Crippen LogP contribution is -2.35. The fraction of sp³-hybridized carbons (Fsp3) is 0.500. The van der Waals surface area contributed by atoms with Crippen molar-refractivity contribution >= 4 is 26.0 Å². The Morgan fingerprint density at radius 3 is 2.89 bits per heavy atom. The highest BCUT2D eigenvalue weighted by molar-refractivity contribution is 9.10. The molecule has 0 radical (unpaired) electrons. The molecule has 18 heavy (non-hydrogen) atoms. The lowest BCUT2D eigenvalue weighted by molar-refractivity contribution is 0.518. The van der Waals surface area contributed by atoms with Crippen molar-refractivity contribution in [2.24, 2.45) is 0 Å². The van der Waals surface area contributed by atoms with Crippen molar-refractivity contribution < 1.29 is 8.42 Å². The zero-order valence-electron chi connectivity index (χ0n) is 10.0. The Hall–Kier alpha value is -0.430. The van der Waals surface area contributed by atoms with Crippen LogP contribution in [0.5, 0.6) is 0 Å². The van der Waals surface area contributed by atoms with Crippen molar-refractivity contribution in [2.45, 2.75) is 30.2 Å². The molecule has 4 nitrogen and oxygen atoms in total. The summed E-state index contributed by atoms with van der Waals surface area (Å²) in [7, 11) is -3.41. The molecule has 0 saturated carbocycles. The lowest BCUT2D eigenvalue weighted by Gasteiger charge is -2.16. The monoisotopic (exact) mass is 332 g/mol. The first kappa shape index (κ1) is 14.0. The number of halogens is 1. The molecule has 1 aromatic carbocycles. The van der Waals surface area contributed by atoms with Gasteiger partial charge in [0.15, 0.2) is 0 Å². The van der Waals surface area contributed by atoms with Crippen molar-refractivity contribution in [3.05, 3.63) is 28.7 Å². The van der Waals surface area contributed by atoms with Crippen LogP contribution >= 0.6 is 15.9 Å². The van der Waals surface area contributed by atoms with Gasteiger partial charge in [-0.05, 0) is 50.6 Å². The van der Waals surface area contributed by atoms with Crippen LogP contribution in [0.1, 0.15) is 19.3 Å². The van der Waals surface area contributed by atoms with E-state index in [1.165, 1.54) is 0 Å². The number of hydrogen-bond acceptors (Lipinski definition) is 3. The van der Waals surface area contributed by atoms with E-state index in [1.807, 2.05) is 6.07 Å². The number of sulfonamides is 1. The summed E-state index contributed by atoms with van der Waals surface area (Å²) in [6, 6.07) is 6.81. The van der Waals surface area contributed by atoms with Crippen LogP contribution in [0.15, 0.2) is 33.6 Å². The third-order valence-corrected chi connectivity index (χ3v) is 5.02. The summed E-state index contributed by atoms with van der Waals surface area (Å²) in [6.45, 7) is 1.83. The number of rotatable bonds is 3. The van der Waals surface area contributed by atoms with Gasteiger partial charge in [0.25, 0.3) is 0 Å². The van der Waals surface area contributed by atoms with Crippen LogP contribution in [0.4, 0.5) is 0 Å². The molecular weight excluding hydrogens is 316 g/mol. The molecule has 1 aliphatic heterocycles. The van der Waals surface area contributed by atoms with Gasteiger partial charge >= 0.3 is 0 Å². The largest absolute Gasteiger partial charge is 0.317 e. The number of hydrogen-bond donors (Lipinski definition) is 2. The van der Waals surface area contributed by atoms with E-state index in [9.17, 15) is 8.42 Å². The van der Waals surface area contributed by atoms with E-state index in [2.05, 4.69) is 26.0 Å². The third kappa shape index (κ3) is 3.78. The summed E-state index contributed by atoms with van der Waals surface area (Å²) >= 11 is 3.29. The molecule has 0 aromatic heterocycles. The Labute approximate surface area is 116 Å². The summed E-state index contributed by atoms with van der Waals surface area (Å²) in [5, 5.41) is 3.27. The highest BCUT2D eigenvalue weighted by Crippen LogP contribution is 2.17. The quantitative estimate of drug-likeness (QED) is 0.888. The average Bonchev–Trinajstić information content (AvgIpc) is 2.57. The van der Waals surface area contributed by atoms with E-state index in [1.54, 1.807) is 18.2 Å². The van der Waals surface area contributed by atoms with E-state index >= 15 is 0 Å². The minimum absolute atomic E-state index is 0.0315. The van der Waals surface area contributed by atoms with Crippen LogP contribution in [0.2, 0.25) is 0 Å². The predicted molar refractivity (Wildman–Crippen MR) is 75.0 cm³/mol. The molecule has 1 unspecified atom stereocenters. The highest BCUT2D eigenvalue weighted by atomic mass is 79.9. The maximum Gasteiger partial charge on any atom is 0.240 e. The van der Waals surface area contributed by atoms with E-state index in [4.69, 9.17) is 0 Å². The zero-order chi connectivity index (χ0) is 13.0. The second kappa shape index (κ2) is 6.14. The van der Waals surface area contributed by atoms with Crippen molar-refractivity contribution in [3.8, 4) is 0 Å². The molecule has 100 valence electrons. The van der Waals surface area contributed by atoms with Gasteiger partial charge in [-0.2, -0.15) is 0 Å². The van der Waals surface area contributed by atoms with Crippen LogP contribution in [0.3, 0.4) is 0 Å². The molecule has 0 amide bonds. The Morgan fingerprint density at radius 1 is 1.28 bits per heavy atom. The fourth-order valence-electron chi connectivity index (χ4n) is 2.06. The Morgan fingerprint density at radius 2 is 2.11 bits per heavy atom. The van der Waals surface area contributed by atoms with Gasteiger partial charge < -0.3 is 5.32 Å². The van der Waals surface area contributed by atoms with Gasteiger partial charge in [0, 0.05) is 10.5 Å². The summed E-state index contributed by atoms with van der Waals surface area (Å²) in [5.41, 5.74) is 0. The first-order valence-electron chi connectivity index (χ1n) is 6.06. The third-order valence-electron chi connectivity index (χ3n) is 3.00. The molecular formula is C12H17BrN2O2S. The minimum Gasteiger partial charge on any atom is -0.317 e. The lowest BCUT2D eigenvalue weighted by atomic mass is 10.1. The molecule has 6 heteroatoms. The zero-order valence-corrected chi connectivity index (χ0v) is 12.4. The predicted octanol–water partition coefficient (Wildman–Crippen LogP) is 1.87. The SMILES string of the molecule is O=S(=O)(NC1CCCNCC1)c1cccc(Br)c1. The fourth-order valence-corrected chi connectivity index (χ4v) is 3.96. The standard InChI is InChI=1S/C12H17BrN2O2S/c13-10-3-1-5-12(9-10)18(16,17)15-11-4-2-7-14-8-6-11/h1,3,5,9,11,14-15H,2,4,6-8H2. The summed E-state index contributed by atoms with van der Waals surface area (Å²) in [6.07, 6.45) is 2.74. The second-order valence-corrected chi connectivity index (χ2v) is 7.09. The van der Waals surface area contributed by atoms with Crippen LogP contribution in [0, 0.1) is 0 Å². The van der Waals surface area contributed by atoms with Crippen LogP contribution in [-0.4, -0.2) is 27.5 Å². The molecule has 1 atom stereocenters. The molecule has 2 rings (SSSR count). The first-order chi connectivity index (χ1) is 8.58. The topological polar surface area (TPSA) is 58.2 Å². The van der Waals surface area contributed by atoms with Crippen LogP contribution < -0.4 is 10.0 Å². The molecule has 1 saturated heterocycles. The Balaban J connectivity index is 2.11. The van der Waals surface area contributed by atoms with Crippen molar-refractivity contribution in [1.82, 2.24) is 10.0 Å². The normalized spacial score (nSPS) is 21.5. The molecule has 1 aromatic rings. The van der Waals surface area contributed by atoms with E-state index < -0.39 is 10.0 Å². The Kier molecular flexibility index (Phi) is 4.77. The van der Waals surface area contributed by atoms with E-state index in [0.29, 0.717) is 4.90 Å². The Bertz CT molecular complexity index is 497. The molecule has 1 aliphatic rings. The molecule has 0 spiro atoms. The molecule has 1 fully saturated rings. The molecule has 2 N–H and O–H groups in total. The first-order valence-corrected chi connectivity index (χ1v) is 8.34. The van der Waals surface area contributed by atoms with Gasteiger partial charge in [-0.15, -0.1) is 0 Å². The van der Waals surface area contributed by atoms with Crippen LogP contribution in [-0.2, 0) is 10.0 Å². The summed E-state index contributed by atoms with van der Waals surface area (Å²) in [4.78, 5) is 0.314. The maximum absolute atomic E-state index is 12.2. The van der Waals surface area contributed by atoms with Crippen molar-refractivity contribution in [2.75, 3.05) is 13.1 Å². The minimum atomic E-state index is -3.41. The van der Waals surface area contributed by atoms with Crippen molar-refractivity contribution in [1.29, 1.82) is 0 Å². The molecule has 0 bridgehead atoms. The summed E-state index contributed by atoms with van der Waals surface area (Å²) < 4.78 is 28.0. The summed E-state index contributed by atoms with van der Waals surface area (Å²) in [5.74, 6) is 0. The van der Waals surface area contributed by atoms with Gasteiger partial charge in [-0.1, -0.05) is 22.0 Å². The van der Waals surface area contributed by atoms with Gasteiger partial charge in [-0.25, -0.2) is 13.1 Å². The van der Waals surface area contributed by atoms with Crippen molar-refractivity contribution in [3.63, 3.8) is 0 Å². The van der Waals surface area contributed by atoms with Gasteiger partial charge in [0.1, 0.15) is 0 Å². The smallest absolute Gasteiger partial charge is 0.240 e. The van der Waals surface area contributed by atoms with Crippen LogP contribution in [0.25, 0.3) is 0 Å². The van der Waals surface area contributed by atoms with Gasteiger partial charge in [-0.3, -0.25) is 0 Å². The average molecular weight is 333 g/mol. The maximum atomic E-state index is 12.2.